The molecule has 5 nitrogen and oxygen atoms in total. The van der Waals surface area contributed by atoms with Crippen molar-refractivity contribution < 1.29 is 26.3 Å². The van der Waals surface area contributed by atoms with E-state index in [9.17, 15) is 8.42 Å². The highest BCUT2D eigenvalue weighted by Crippen LogP contribution is 2.21. The van der Waals surface area contributed by atoms with Crippen LogP contribution in [0.2, 0.25) is 2.82 Å². The molecule has 0 aliphatic rings. The van der Waals surface area contributed by atoms with Gasteiger partial charge in [0.25, 0.3) is 0 Å². The Hall–Kier alpha value is -1.37. The van der Waals surface area contributed by atoms with E-state index in [0.29, 0.717) is 4.98 Å². The van der Waals surface area contributed by atoms with Gasteiger partial charge in [-0.1, -0.05) is 6.04 Å². The van der Waals surface area contributed by atoms with Gasteiger partial charge in [0.05, 0.1) is 9.82 Å². The molecule has 0 saturated carbocycles. The van der Waals surface area contributed by atoms with Crippen molar-refractivity contribution in [2.75, 3.05) is 27.5 Å². The van der Waals surface area contributed by atoms with Gasteiger partial charge in [0.1, 0.15) is 1.41 Å². The third-order valence-electron chi connectivity index (χ3n) is 2.54. The fourth-order valence-electron chi connectivity index (χ4n) is 1.58. The fourth-order valence-corrected chi connectivity index (χ4v) is 2.03. The van der Waals surface area contributed by atoms with E-state index in [4.69, 9.17) is 17.9 Å². The van der Waals surface area contributed by atoms with Crippen LogP contribution in [-0.4, -0.2) is 45.8 Å². The number of nitrogens with one attached hydrogen (secondary N) is 2. The fraction of sp³-hybridized carbons (Fsp3) is 0.429. The van der Waals surface area contributed by atoms with E-state index in [1.807, 2.05) is 0 Å². The Morgan fingerprint density at radius 2 is 2.40 bits per heavy atom. The summed E-state index contributed by atoms with van der Waals surface area (Å²) in [5.74, 6) is 0. The molecule has 110 valence electrons. The summed E-state index contributed by atoms with van der Waals surface area (Å²) in [6.07, 6.45) is 0.706. The summed E-state index contributed by atoms with van der Waals surface area (Å²) in [5, 5.41) is -0.288. The van der Waals surface area contributed by atoms with E-state index < -0.39 is 59.9 Å². The normalized spacial score (nSPS) is 24.1. The third-order valence-corrected chi connectivity index (χ3v) is 3.48. The molecule has 2 rings (SSSR count). The molecule has 1 heterocycles. The van der Waals surface area contributed by atoms with Gasteiger partial charge in [-0.2, -0.15) is 0 Å². The van der Waals surface area contributed by atoms with Crippen molar-refractivity contribution in [2.24, 2.45) is 0 Å². The largest absolute Gasteiger partial charge is 0.361 e. The topological polar surface area (TPSA) is 65.2 Å². The highest BCUT2D eigenvalue weighted by Gasteiger charge is 2.11. The second-order valence-corrected chi connectivity index (χ2v) is 5.44. The van der Waals surface area contributed by atoms with Crippen LogP contribution in [0.15, 0.2) is 24.3 Å². The molecule has 1 aromatic carbocycles. The first-order valence-corrected chi connectivity index (χ1v) is 6.99. The second-order valence-electron chi connectivity index (χ2n) is 3.92. The number of aromatic amines is 1. The lowest BCUT2D eigenvalue weighted by Crippen LogP contribution is -2.20. The summed E-state index contributed by atoms with van der Waals surface area (Å²) in [6.45, 7) is -6.59. The van der Waals surface area contributed by atoms with E-state index >= 15 is 0 Å². The number of sulfonamides is 1. The van der Waals surface area contributed by atoms with Crippen LogP contribution < -0.4 is 4.72 Å². The third kappa shape index (κ3) is 3.59. The Balaban J connectivity index is 2.77. The van der Waals surface area contributed by atoms with Gasteiger partial charge in [0.2, 0.25) is 10.0 Å². The first-order valence-electron chi connectivity index (χ1n) is 11.9. The molecule has 1 aromatic heterocycles. The number of likely N-dealkylation sites (N-methyl/N-ethyl adjacent to an activating group) is 1. The molecule has 0 aliphatic heterocycles. The van der Waals surface area contributed by atoms with Gasteiger partial charge < -0.3 is 9.88 Å². The van der Waals surface area contributed by atoms with Gasteiger partial charge >= 0.3 is 0 Å². The highest BCUT2D eigenvalue weighted by molar-refractivity contribution is 7.88. The van der Waals surface area contributed by atoms with Crippen LogP contribution in [-0.2, 0) is 22.1 Å². The molecular formula is C14H21N3O2S. The molecule has 0 bridgehead atoms. The molecule has 0 saturated heterocycles. The number of benzene rings is 1. The Bertz CT molecular complexity index is 1150. The minimum Gasteiger partial charge on any atom is -0.361 e. The van der Waals surface area contributed by atoms with E-state index in [1.54, 1.807) is 0 Å². The molecule has 0 amide bonds. The smallest absolute Gasteiger partial charge is 0.215 e. The van der Waals surface area contributed by atoms with E-state index in [2.05, 4.69) is 0 Å². The zero-order valence-corrected chi connectivity index (χ0v) is 11.4. The van der Waals surface area contributed by atoms with Crippen molar-refractivity contribution in [3.8, 4) is 0 Å². The van der Waals surface area contributed by atoms with Gasteiger partial charge in [-0.15, -0.1) is 0 Å². The molecule has 2 aromatic rings. The first kappa shape index (κ1) is 5.44. The van der Waals surface area contributed by atoms with Gasteiger partial charge in [-0.05, 0) is 50.6 Å². The van der Waals surface area contributed by atoms with Crippen molar-refractivity contribution in [1.82, 2.24) is 14.6 Å². The lowest BCUT2D eigenvalue weighted by atomic mass is 10.1. The minimum absolute atomic E-state index is 0.00863. The SMILES string of the molecule is [2H]c1c(C([2H])([2H])S(=O)(=O)N([2H])C)c([2H])c2c(CCN(C([2H])([2H])[2H])C([2H])([2H])[2H])cn([2H])c2c1[2H]. The summed E-state index contributed by atoms with van der Waals surface area (Å²) in [5.41, 5.74) is -4.81. The standard InChI is InChI=1S/C14H21N3O2S/c1-15-20(18,19)10-11-4-5-14-13(8-11)12(9-16-14)6-7-17(2)3/h4-5,8-9,15-16H,6-7,10H2,1-3H3/i2D3,3D3,4D,5D,8D,10D2/hD2. The van der Waals surface area contributed by atoms with Crippen molar-refractivity contribution in [2.45, 2.75) is 12.1 Å². The minimum atomic E-state index is -5.03. The monoisotopic (exact) mass is 308 g/mol. The van der Waals surface area contributed by atoms with E-state index in [0.717, 1.165) is 13.2 Å². The molecule has 0 unspecified atom stereocenters. The number of hydrogen-bond acceptors (Lipinski definition) is 3. The molecule has 0 atom stereocenters. The van der Waals surface area contributed by atoms with Crippen LogP contribution in [0.1, 0.15) is 26.2 Å². The zero-order chi connectivity index (χ0) is 25.9. The van der Waals surface area contributed by atoms with Gasteiger partial charge in [0, 0.05) is 34.6 Å². The molecule has 6 heteroatoms. The molecule has 2 N–H and O–H groups in total. The van der Waals surface area contributed by atoms with Crippen molar-refractivity contribution in [3.63, 3.8) is 0 Å². The summed E-state index contributed by atoms with van der Waals surface area (Å²) in [6, 6.07) is -2.56. The van der Waals surface area contributed by atoms with Gasteiger partial charge in [-0.25, -0.2) is 13.1 Å². The Morgan fingerprint density at radius 1 is 1.60 bits per heavy atom. The van der Waals surface area contributed by atoms with Crippen LogP contribution in [0.4, 0.5) is 0 Å². The summed E-state index contributed by atoms with van der Waals surface area (Å²) in [7, 11) is -4.29. The van der Waals surface area contributed by atoms with E-state index in [1.165, 1.54) is 0 Å². The highest BCUT2D eigenvalue weighted by atomic mass is 32.2. The van der Waals surface area contributed by atoms with Crippen LogP contribution in [0.5, 0.6) is 0 Å². The summed E-state index contributed by atoms with van der Waals surface area (Å²) >= 11 is 0. The summed E-state index contributed by atoms with van der Waals surface area (Å²) in [4.78, 5) is 0.847. The molecule has 0 radical (unpaired) electrons. The number of rotatable bonds is 6. The Labute approximate surface area is 138 Å². The first-order chi connectivity index (χ1) is 14.7. The maximum atomic E-state index is 12.4. The number of fused-ring (bicyclic) bond motifs is 1. The van der Waals surface area contributed by atoms with E-state index in [-0.39, 0.29) is 32.5 Å². The molecule has 20 heavy (non-hydrogen) atoms. The molecule has 0 aliphatic carbocycles. The Kier molecular flexibility index (Phi) is 1.62. The van der Waals surface area contributed by atoms with Crippen LogP contribution in [0.3, 0.4) is 0 Å². The quantitative estimate of drug-likeness (QED) is 0.846. The summed E-state index contributed by atoms with van der Waals surface area (Å²) < 4.78 is 125. The Morgan fingerprint density at radius 3 is 3.10 bits per heavy atom. The number of H-pyrrole nitrogens is 1. The van der Waals surface area contributed by atoms with Gasteiger partial charge in [-0.3, -0.25) is 0 Å². The average Bonchev–Trinajstić information content (AvgIpc) is 2.93. The predicted octanol–water partition coefficient (Wildman–Crippen LogP) is 1.32. The zero-order valence-electron chi connectivity index (χ0n) is 23.6. The van der Waals surface area contributed by atoms with Crippen LogP contribution in [0.25, 0.3) is 10.9 Å². The van der Waals surface area contributed by atoms with Crippen molar-refractivity contribution in [3.05, 3.63) is 35.5 Å². The molecular weight excluding hydrogens is 274 g/mol. The lowest BCUT2D eigenvalue weighted by molar-refractivity contribution is 0.414. The lowest BCUT2D eigenvalue weighted by Gasteiger charge is -2.08. The average molecular weight is 308 g/mol. The second kappa shape index (κ2) is 5.95. The molecule has 0 fully saturated rings. The molecule has 0 spiro atoms. The number of aromatic nitrogens is 1. The maximum Gasteiger partial charge on any atom is 0.215 e. The van der Waals surface area contributed by atoms with Crippen molar-refractivity contribution in [1.29, 1.82) is 0 Å². The van der Waals surface area contributed by atoms with Crippen LogP contribution in [0, 0.1) is 0 Å². The van der Waals surface area contributed by atoms with Crippen LogP contribution >= 0.6 is 0 Å². The maximum absolute atomic E-state index is 12.4. The number of hydrogen-bond donors (Lipinski definition) is 2. The number of nitrogens with zero attached hydrogens (tertiary/aromatic N) is 1. The predicted molar refractivity (Wildman–Crippen MR) is 82.2 cm³/mol. The van der Waals surface area contributed by atoms with Crippen molar-refractivity contribution >= 4 is 20.9 Å². The van der Waals surface area contributed by atoms with Gasteiger partial charge in [0.15, 0.2) is 1.41 Å².